The van der Waals surface area contributed by atoms with E-state index in [0.29, 0.717) is 17.3 Å². The molecule has 3 heteroatoms. The van der Waals surface area contributed by atoms with Crippen LogP contribution in [0.4, 0.5) is 0 Å². The first-order chi connectivity index (χ1) is 8.31. The van der Waals surface area contributed by atoms with E-state index in [4.69, 9.17) is 10.5 Å². The Labute approximate surface area is 108 Å². The lowest BCUT2D eigenvalue weighted by atomic mass is 10.0. The fourth-order valence-corrected chi connectivity index (χ4v) is 3.62. The molecule has 0 aliphatic carbocycles. The molecule has 1 aliphatic heterocycles. The van der Waals surface area contributed by atoms with Crippen molar-refractivity contribution in [3.63, 3.8) is 0 Å². The topological polar surface area (TPSA) is 35.2 Å². The van der Waals surface area contributed by atoms with Crippen molar-refractivity contribution in [1.82, 2.24) is 0 Å². The van der Waals surface area contributed by atoms with Crippen LogP contribution in [0.1, 0.15) is 24.8 Å². The molecule has 2 nitrogen and oxygen atoms in total. The van der Waals surface area contributed by atoms with E-state index in [2.05, 4.69) is 37.3 Å². The highest BCUT2D eigenvalue weighted by Gasteiger charge is 2.25. The minimum absolute atomic E-state index is 0.397. The Bertz CT molecular complexity index is 330. The Morgan fingerprint density at radius 1 is 1.41 bits per heavy atom. The summed E-state index contributed by atoms with van der Waals surface area (Å²) < 4.78 is 5.58. The molecule has 3 atom stereocenters. The van der Waals surface area contributed by atoms with E-state index in [1.807, 2.05) is 11.8 Å². The number of thioether (sulfide) groups is 1. The highest BCUT2D eigenvalue weighted by molar-refractivity contribution is 8.00. The fourth-order valence-electron chi connectivity index (χ4n) is 2.20. The molecule has 1 aromatic carbocycles. The van der Waals surface area contributed by atoms with Gasteiger partial charge in [0.1, 0.15) is 0 Å². The molecule has 0 radical (unpaired) electrons. The molecule has 0 amide bonds. The van der Waals surface area contributed by atoms with Crippen molar-refractivity contribution in [2.24, 2.45) is 5.73 Å². The molecule has 1 heterocycles. The summed E-state index contributed by atoms with van der Waals surface area (Å²) in [5, 5.41) is 0.646. The highest BCUT2D eigenvalue weighted by atomic mass is 32.2. The van der Waals surface area contributed by atoms with Gasteiger partial charge in [-0.2, -0.15) is 11.8 Å². The van der Waals surface area contributed by atoms with E-state index in [0.717, 1.165) is 18.9 Å². The largest absolute Gasteiger partial charge is 0.377 e. The zero-order valence-electron chi connectivity index (χ0n) is 10.3. The van der Waals surface area contributed by atoms with Gasteiger partial charge in [0.2, 0.25) is 0 Å². The van der Waals surface area contributed by atoms with Crippen molar-refractivity contribution in [3.05, 3.63) is 35.9 Å². The minimum atomic E-state index is 0.397. The summed E-state index contributed by atoms with van der Waals surface area (Å²) in [6, 6.07) is 10.6. The molecule has 0 spiro atoms. The third kappa shape index (κ3) is 3.47. The quantitative estimate of drug-likeness (QED) is 0.874. The summed E-state index contributed by atoms with van der Waals surface area (Å²) in [7, 11) is 0. The van der Waals surface area contributed by atoms with Crippen molar-refractivity contribution in [2.75, 3.05) is 18.9 Å². The summed E-state index contributed by atoms with van der Waals surface area (Å²) in [5.41, 5.74) is 7.24. The van der Waals surface area contributed by atoms with Gasteiger partial charge in [-0.3, -0.25) is 0 Å². The molecular weight excluding hydrogens is 230 g/mol. The van der Waals surface area contributed by atoms with Crippen LogP contribution < -0.4 is 5.73 Å². The molecule has 1 aromatic rings. The summed E-state index contributed by atoms with van der Waals surface area (Å²) in [6.07, 6.45) is 1.58. The predicted molar refractivity (Wildman–Crippen MR) is 74.5 cm³/mol. The lowest BCUT2D eigenvalue weighted by molar-refractivity contribution is 0.127. The van der Waals surface area contributed by atoms with Crippen LogP contribution in [0, 0.1) is 0 Å². The monoisotopic (exact) mass is 251 g/mol. The number of nitrogens with two attached hydrogens (primary N) is 1. The Balaban J connectivity index is 1.88. The van der Waals surface area contributed by atoms with Crippen LogP contribution in [0.3, 0.4) is 0 Å². The predicted octanol–water partition coefficient (Wildman–Crippen LogP) is 2.64. The third-order valence-corrected chi connectivity index (χ3v) is 5.02. The van der Waals surface area contributed by atoms with Crippen LogP contribution in [0.15, 0.2) is 30.3 Å². The number of rotatable bonds is 5. The maximum absolute atomic E-state index is 5.88. The van der Waals surface area contributed by atoms with Crippen LogP contribution in [0.2, 0.25) is 0 Å². The summed E-state index contributed by atoms with van der Waals surface area (Å²) in [5.74, 6) is 1.56. The number of benzene rings is 1. The van der Waals surface area contributed by atoms with E-state index < -0.39 is 0 Å². The van der Waals surface area contributed by atoms with Crippen molar-refractivity contribution >= 4 is 11.8 Å². The van der Waals surface area contributed by atoms with E-state index >= 15 is 0 Å². The average molecular weight is 251 g/mol. The van der Waals surface area contributed by atoms with Crippen LogP contribution in [0.25, 0.3) is 0 Å². The summed E-state index contributed by atoms with van der Waals surface area (Å²) in [6.45, 7) is 3.81. The third-order valence-electron chi connectivity index (χ3n) is 3.37. The van der Waals surface area contributed by atoms with Gasteiger partial charge in [0.15, 0.2) is 0 Å². The lowest BCUT2D eigenvalue weighted by Crippen LogP contribution is -2.19. The van der Waals surface area contributed by atoms with E-state index in [-0.39, 0.29) is 0 Å². The average Bonchev–Trinajstić information content (AvgIpc) is 2.77. The second kappa shape index (κ2) is 6.43. The maximum atomic E-state index is 5.88. The molecule has 3 unspecified atom stereocenters. The van der Waals surface area contributed by atoms with Gasteiger partial charge in [-0.25, -0.2) is 0 Å². The first kappa shape index (κ1) is 12.9. The van der Waals surface area contributed by atoms with Crippen LogP contribution in [0.5, 0.6) is 0 Å². The molecule has 2 N–H and O–H groups in total. The molecule has 0 aromatic heterocycles. The van der Waals surface area contributed by atoms with Crippen LogP contribution >= 0.6 is 11.8 Å². The molecule has 0 saturated carbocycles. The lowest BCUT2D eigenvalue weighted by Gasteiger charge is -2.19. The van der Waals surface area contributed by atoms with Crippen molar-refractivity contribution in [1.29, 1.82) is 0 Å². The standard InChI is InChI=1S/C14H21NOS/c1-11-14(7-8-16-11)17-10-13(9-15)12-5-3-2-4-6-12/h2-6,11,13-14H,7-10,15H2,1H3. The second-order valence-corrected chi connectivity index (χ2v) is 5.85. The molecule has 2 rings (SSSR count). The number of ether oxygens (including phenoxy) is 1. The van der Waals surface area contributed by atoms with Gasteiger partial charge in [-0.15, -0.1) is 0 Å². The number of hydrogen-bond acceptors (Lipinski definition) is 3. The Morgan fingerprint density at radius 2 is 2.18 bits per heavy atom. The van der Waals surface area contributed by atoms with Gasteiger partial charge in [0.05, 0.1) is 6.10 Å². The Hall–Kier alpha value is -0.510. The Kier molecular flexibility index (Phi) is 4.89. The fraction of sp³-hybridized carbons (Fsp3) is 0.571. The van der Waals surface area contributed by atoms with Gasteiger partial charge in [-0.1, -0.05) is 30.3 Å². The van der Waals surface area contributed by atoms with Gasteiger partial charge in [0, 0.05) is 23.5 Å². The normalized spacial score (nSPS) is 26.0. The highest BCUT2D eigenvalue weighted by Crippen LogP contribution is 2.30. The first-order valence-corrected chi connectivity index (χ1v) is 7.34. The van der Waals surface area contributed by atoms with Crippen molar-refractivity contribution in [2.45, 2.75) is 30.6 Å². The van der Waals surface area contributed by atoms with Crippen LogP contribution in [-0.2, 0) is 4.74 Å². The van der Waals surface area contributed by atoms with E-state index in [1.165, 1.54) is 12.0 Å². The van der Waals surface area contributed by atoms with Crippen LogP contribution in [-0.4, -0.2) is 30.3 Å². The second-order valence-electron chi connectivity index (χ2n) is 4.58. The van der Waals surface area contributed by atoms with Crippen molar-refractivity contribution < 1.29 is 4.74 Å². The molecule has 1 saturated heterocycles. The summed E-state index contributed by atoms with van der Waals surface area (Å²) in [4.78, 5) is 0. The molecule has 1 fully saturated rings. The van der Waals surface area contributed by atoms with E-state index in [1.54, 1.807) is 0 Å². The van der Waals surface area contributed by atoms with Gasteiger partial charge in [0.25, 0.3) is 0 Å². The smallest absolute Gasteiger partial charge is 0.0666 e. The van der Waals surface area contributed by atoms with Gasteiger partial charge in [-0.05, 0) is 25.5 Å². The first-order valence-electron chi connectivity index (χ1n) is 6.29. The zero-order chi connectivity index (χ0) is 12.1. The molecule has 1 aliphatic rings. The van der Waals surface area contributed by atoms with E-state index in [9.17, 15) is 0 Å². The molecule has 0 bridgehead atoms. The zero-order valence-corrected chi connectivity index (χ0v) is 11.2. The molecule has 17 heavy (non-hydrogen) atoms. The Morgan fingerprint density at radius 3 is 2.76 bits per heavy atom. The SMILES string of the molecule is CC1OCCC1SCC(CN)c1ccccc1. The molecular formula is C14H21NOS. The minimum Gasteiger partial charge on any atom is -0.377 e. The van der Waals surface area contributed by atoms with Crippen molar-refractivity contribution in [3.8, 4) is 0 Å². The number of hydrogen-bond donors (Lipinski definition) is 1. The van der Waals surface area contributed by atoms with Gasteiger partial charge >= 0.3 is 0 Å². The maximum Gasteiger partial charge on any atom is 0.0666 e. The van der Waals surface area contributed by atoms with Gasteiger partial charge < -0.3 is 10.5 Å². The summed E-state index contributed by atoms with van der Waals surface area (Å²) >= 11 is 2.01. The molecule has 94 valence electrons.